The minimum absolute atomic E-state index is 0.0364. The van der Waals surface area contributed by atoms with E-state index in [1.807, 2.05) is 48.7 Å². The van der Waals surface area contributed by atoms with E-state index in [-0.39, 0.29) is 23.9 Å². The van der Waals surface area contributed by atoms with Crippen molar-refractivity contribution in [2.45, 2.75) is 18.4 Å². The molecule has 0 atom stereocenters. The van der Waals surface area contributed by atoms with E-state index in [2.05, 4.69) is 10.1 Å². The fourth-order valence-corrected chi connectivity index (χ4v) is 4.82. The molecule has 0 amide bonds. The van der Waals surface area contributed by atoms with Gasteiger partial charge in [-0.05, 0) is 30.5 Å². The zero-order chi connectivity index (χ0) is 19.5. The van der Waals surface area contributed by atoms with Crippen LogP contribution in [0.2, 0.25) is 0 Å². The number of carbonyl (C=O) groups excluding carboxylic acids is 1. The van der Waals surface area contributed by atoms with Crippen LogP contribution in [0.25, 0.3) is 14.8 Å². The van der Waals surface area contributed by atoms with Gasteiger partial charge in [-0.25, -0.2) is 4.98 Å². The Morgan fingerprint density at radius 2 is 2.07 bits per heavy atom. The number of nitrogens with zero attached hydrogens (tertiary/aromatic N) is 3. The predicted molar refractivity (Wildman–Crippen MR) is 112 cm³/mol. The molecular weight excluding hydrogens is 414 g/mol. The number of benzene rings is 1. The van der Waals surface area contributed by atoms with E-state index in [1.54, 1.807) is 11.3 Å². The normalized spacial score (nSPS) is 11.0. The molecule has 3 heterocycles. The second-order valence-electron chi connectivity index (χ2n) is 5.93. The Labute approximate surface area is 172 Å². The number of fused-ring (bicyclic) bond motifs is 1. The third kappa shape index (κ3) is 4.32. The molecule has 0 saturated carbocycles. The zero-order valence-corrected chi connectivity index (χ0v) is 17.3. The first-order chi connectivity index (χ1) is 13.6. The first-order valence-corrected chi connectivity index (χ1v) is 11.1. The third-order valence-electron chi connectivity index (χ3n) is 3.79. The molecule has 0 unspecified atom stereocenters. The number of carbonyl (C=O) groups is 1. The maximum atomic E-state index is 12.3. The molecule has 4 rings (SSSR count). The van der Waals surface area contributed by atoms with E-state index in [1.165, 1.54) is 39.2 Å². The maximum absolute atomic E-state index is 12.3. The number of aryl methyl sites for hydroxylation is 1. The van der Waals surface area contributed by atoms with Crippen molar-refractivity contribution in [3.8, 4) is 9.88 Å². The molecule has 0 aliphatic heterocycles. The highest BCUT2D eigenvalue weighted by Crippen LogP contribution is 2.28. The minimum Gasteiger partial charge on any atom is -0.459 e. The number of hydrogen-bond donors (Lipinski definition) is 0. The van der Waals surface area contributed by atoms with Crippen molar-refractivity contribution in [1.29, 1.82) is 0 Å². The van der Waals surface area contributed by atoms with Crippen LogP contribution in [0.1, 0.15) is 11.3 Å². The fourth-order valence-electron chi connectivity index (χ4n) is 2.40. The van der Waals surface area contributed by atoms with Crippen molar-refractivity contribution in [3.63, 3.8) is 0 Å². The van der Waals surface area contributed by atoms with Crippen LogP contribution in [0.3, 0.4) is 0 Å². The highest BCUT2D eigenvalue weighted by molar-refractivity contribution is 8.00. The van der Waals surface area contributed by atoms with Crippen molar-refractivity contribution in [1.82, 2.24) is 14.6 Å². The molecule has 0 spiro atoms. The number of esters is 1. The van der Waals surface area contributed by atoms with E-state index >= 15 is 0 Å². The molecule has 4 aromatic rings. The van der Waals surface area contributed by atoms with Gasteiger partial charge in [-0.1, -0.05) is 35.1 Å². The SMILES string of the molecule is Cc1ccc(SCC(=O)OCc2cc(=O)n3nc(-c4cccs4)sc3n2)cc1. The van der Waals surface area contributed by atoms with Gasteiger partial charge < -0.3 is 4.74 Å². The molecule has 0 N–H and O–H groups in total. The standard InChI is InChI=1S/C19H15N3O3S3/c1-12-4-6-14(7-5-12)27-11-17(24)25-10-13-9-16(23)22-19(20-13)28-18(21-22)15-3-2-8-26-15/h2-9H,10-11H2,1H3. The summed E-state index contributed by atoms with van der Waals surface area (Å²) in [6.45, 7) is 1.98. The molecule has 0 saturated heterocycles. The van der Waals surface area contributed by atoms with Crippen molar-refractivity contribution in [2.75, 3.05) is 5.75 Å². The highest BCUT2D eigenvalue weighted by Gasteiger charge is 2.12. The van der Waals surface area contributed by atoms with Crippen molar-refractivity contribution < 1.29 is 9.53 Å². The van der Waals surface area contributed by atoms with Gasteiger partial charge in [0.1, 0.15) is 6.61 Å². The lowest BCUT2D eigenvalue weighted by molar-refractivity contribution is -0.141. The lowest BCUT2D eigenvalue weighted by atomic mass is 10.2. The van der Waals surface area contributed by atoms with Gasteiger partial charge in [0.2, 0.25) is 4.96 Å². The van der Waals surface area contributed by atoms with Crippen LogP contribution in [0.5, 0.6) is 0 Å². The summed E-state index contributed by atoms with van der Waals surface area (Å²) in [4.78, 5) is 31.2. The second-order valence-corrected chi connectivity index (χ2v) is 8.88. The summed E-state index contributed by atoms with van der Waals surface area (Å²) in [6.07, 6.45) is 0. The molecule has 9 heteroatoms. The number of ether oxygens (including phenoxy) is 1. The van der Waals surface area contributed by atoms with Crippen LogP contribution in [0, 0.1) is 6.92 Å². The molecule has 1 aromatic carbocycles. The van der Waals surface area contributed by atoms with Gasteiger partial charge in [0.15, 0.2) is 5.01 Å². The quantitative estimate of drug-likeness (QED) is 0.340. The van der Waals surface area contributed by atoms with E-state index in [0.29, 0.717) is 10.7 Å². The van der Waals surface area contributed by atoms with Crippen molar-refractivity contribution >= 4 is 45.4 Å². The predicted octanol–water partition coefficient (Wildman–Crippen LogP) is 4.02. The monoisotopic (exact) mass is 429 g/mol. The van der Waals surface area contributed by atoms with Crippen LogP contribution in [0.15, 0.2) is 57.5 Å². The van der Waals surface area contributed by atoms with E-state index in [0.717, 1.165) is 14.8 Å². The second kappa shape index (κ2) is 8.26. The van der Waals surface area contributed by atoms with Gasteiger partial charge in [-0.15, -0.1) is 23.1 Å². The summed E-state index contributed by atoms with van der Waals surface area (Å²) in [5.74, 6) is -0.149. The zero-order valence-electron chi connectivity index (χ0n) is 14.8. The topological polar surface area (TPSA) is 73.6 Å². The molecule has 0 aliphatic carbocycles. The Hall–Kier alpha value is -2.49. The summed E-state index contributed by atoms with van der Waals surface area (Å²) in [6, 6.07) is 13.2. The number of hydrogen-bond acceptors (Lipinski definition) is 8. The average Bonchev–Trinajstić information content (AvgIpc) is 3.35. The van der Waals surface area contributed by atoms with Gasteiger partial charge in [0.25, 0.3) is 5.56 Å². The molecule has 28 heavy (non-hydrogen) atoms. The minimum atomic E-state index is -0.351. The molecule has 6 nitrogen and oxygen atoms in total. The molecule has 3 aromatic heterocycles. The lowest BCUT2D eigenvalue weighted by Gasteiger charge is -2.05. The third-order valence-corrected chi connectivity index (χ3v) is 6.72. The maximum Gasteiger partial charge on any atom is 0.316 e. The molecule has 0 bridgehead atoms. The van der Waals surface area contributed by atoms with E-state index in [4.69, 9.17) is 4.74 Å². The number of thioether (sulfide) groups is 1. The van der Waals surface area contributed by atoms with Crippen LogP contribution < -0.4 is 5.56 Å². The smallest absolute Gasteiger partial charge is 0.316 e. The Bertz CT molecular complexity index is 1160. The number of rotatable bonds is 6. The van der Waals surface area contributed by atoms with Crippen LogP contribution in [-0.2, 0) is 16.1 Å². The summed E-state index contributed by atoms with van der Waals surface area (Å²) in [7, 11) is 0. The Morgan fingerprint density at radius 1 is 1.25 bits per heavy atom. The Balaban J connectivity index is 1.41. The number of thiophene rings is 1. The van der Waals surface area contributed by atoms with Crippen LogP contribution in [-0.4, -0.2) is 26.3 Å². The van der Waals surface area contributed by atoms with Gasteiger partial charge in [0, 0.05) is 11.0 Å². The first kappa shape index (κ1) is 18.9. The molecule has 0 radical (unpaired) electrons. The Kier molecular flexibility index (Phi) is 5.56. The molecule has 142 valence electrons. The van der Waals surface area contributed by atoms with Gasteiger partial charge in [-0.3, -0.25) is 9.59 Å². The highest BCUT2D eigenvalue weighted by atomic mass is 32.2. The lowest BCUT2D eigenvalue weighted by Crippen LogP contribution is -2.16. The van der Waals surface area contributed by atoms with Gasteiger partial charge >= 0.3 is 5.97 Å². The van der Waals surface area contributed by atoms with Gasteiger partial charge in [-0.2, -0.15) is 9.61 Å². The van der Waals surface area contributed by atoms with Crippen molar-refractivity contribution in [2.24, 2.45) is 0 Å². The van der Waals surface area contributed by atoms with Crippen LogP contribution in [0.4, 0.5) is 0 Å². The van der Waals surface area contributed by atoms with E-state index in [9.17, 15) is 9.59 Å². The first-order valence-electron chi connectivity index (χ1n) is 8.37. The summed E-state index contributed by atoms with van der Waals surface area (Å²) in [5, 5.41) is 7.01. The summed E-state index contributed by atoms with van der Waals surface area (Å²) in [5.41, 5.74) is 1.30. The molecule has 0 fully saturated rings. The summed E-state index contributed by atoms with van der Waals surface area (Å²) >= 11 is 4.30. The van der Waals surface area contributed by atoms with Crippen LogP contribution >= 0.6 is 34.4 Å². The molecule has 0 aliphatic rings. The Morgan fingerprint density at radius 3 is 2.82 bits per heavy atom. The van der Waals surface area contributed by atoms with Gasteiger partial charge in [0.05, 0.1) is 16.3 Å². The van der Waals surface area contributed by atoms with E-state index < -0.39 is 0 Å². The average molecular weight is 430 g/mol. The molecular formula is C19H15N3O3S3. The summed E-state index contributed by atoms with van der Waals surface area (Å²) < 4.78 is 6.55. The number of aromatic nitrogens is 3. The van der Waals surface area contributed by atoms with Crippen molar-refractivity contribution in [3.05, 3.63) is 69.5 Å². The fraction of sp³-hybridized carbons (Fsp3) is 0.158. The largest absolute Gasteiger partial charge is 0.459 e.